The Morgan fingerprint density at radius 2 is 1.74 bits per heavy atom. The summed E-state index contributed by atoms with van der Waals surface area (Å²) in [5.41, 5.74) is 1.18. The molecule has 1 fully saturated rings. The molecule has 0 saturated carbocycles. The average Bonchev–Trinajstić information content (AvgIpc) is 3.13. The minimum atomic E-state index is -0.713. The zero-order valence-electron chi connectivity index (χ0n) is 19.7. The summed E-state index contributed by atoms with van der Waals surface area (Å²) in [4.78, 5) is 30.1. The molecule has 0 spiro atoms. The van der Waals surface area contributed by atoms with Crippen LogP contribution in [0.1, 0.15) is 31.0 Å². The first kappa shape index (κ1) is 23.6. The Hall–Kier alpha value is -3.52. The van der Waals surface area contributed by atoms with E-state index in [1.54, 1.807) is 42.3 Å². The lowest BCUT2D eigenvalue weighted by Crippen LogP contribution is -2.38. The zero-order chi connectivity index (χ0) is 24.2. The average molecular weight is 467 g/mol. The van der Waals surface area contributed by atoms with Crippen molar-refractivity contribution in [2.45, 2.75) is 19.9 Å². The number of carbonyl (C=O) groups is 2. The van der Waals surface area contributed by atoms with Crippen molar-refractivity contribution in [3.63, 3.8) is 0 Å². The van der Waals surface area contributed by atoms with Gasteiger partial charge in [-0.05, 0) is 49.0 Å². The summed E-state index contributed by atoms with van der Waals surface area (Å²) >= 11 is 0. The minimum Gasteiger partial charge on any atom is -0.507 e. The number of methoxy groups -OCH3 is 1. The maximum atomic E-state index is 13.2. The third-order valence-corrected chi connectivity index (χ3v) is 6.34. The Bertz CT molecular complexity index is 1090. The van der Waals surface area contributed by atoms with Crippen LogP contribution in [0.15, 0.2) is 48.0 Å². The molecule has 4 rings (SSSR count). The number of hydrogen-bond donors (Lipinski definition) is 1. The van der Waals surface area contributed by atoms with E-state index in [9.17, 15) is 14.7 Å². The third kappa shape index (κ3) is 4.46. The monoisotopic (exact) mass is 466 g/mol. The molecular formula is C26H30N2O6. The van der Waals surface area contributed by atoms with Crippen LogP contribution in [-0.2, 0) is 9.59 Å². The van der Waals surface area contributed by atoms with Gasteiger partial charge in [-0.3, -0.25) is 9.59 Å². The number of aliphatic hydroxyl groups is 1. The summed E-state index contributed by atoms with van der Waals surface area (Å²) in [5, 5.41) is 11.3. The van der Waals surface area contributed by atoms with E-state index in [4.69, 9.17) is 14.2 Å². The number of ether oxygens (including phenoxy) is 3. The standard InChI is InChI=1S/C26H30N2O6/c1-4-27(5-2)12-13-28-23(17-6-9-19(32-3)10-7-17)22(25(30)26(28)31)24(29)18-8-11-20-21(16-18)34-15-14-33-20/h6-11,16,23,29H,4-5,12-15H2,1-3H3/b24-22+. The molecule has 2 aromatic carbocycles. The molecule has 1 atom stereocenters. The quantitative estimate of drug-likeness (QED) is 0.363. The zero-order valence-corrected chi connectivity index (χ0v) is 19.7. The van der Waals surface area contributed by atoms with E-state index in [1.165, 1.54) is 0 Å². The SMILES string of the molecule is CCN(CC)CCN1C(=O)C(=O)/C(=C(/O)c2ccc3c(c2)OCCO3)C1c1ccc(OC)cc1. The Balaban J connectivity index is 1.78. The molecule has 2 aromatic rings. The van der Waals surface area contributed by atoms with Gasteiger partial charge in [0.2, 0.25) is 0 Å². The number of likely N-dealkylation sites (N-methyl/N-ethyl adjacent to an activating group) is 1. The number of nitrogens with zero attached hydrogens (tertiary/aromatic N) is 2. The lowest BCUT2D eigenvalue weighted by Gasteiger charge is -2.28. The van der Waals surface area contributed by atoms with Crippen LogP contribution in [0.3, 0.4) is 0 Å². The van der Waals surface area contributed by atoms with Gasteiger partial charge in [0.25, 0.3) is 11.7 Å². The van der Waals surface area contributed by atoms with Crippen LogP contribution in [0.25, 0.3) is 5.76 Å². The van der Waals surface area contributed by atoms with Gasteiger partial charge in [0, 0.05) is 18.7 Å². The summed E-state index contributed by atoms with van der Waals surface area (Å²) in [6, 6.07) is 11.5. The van der Waals surface area contributed by atoms with Crippen molar-refractivity contribution < 1.29 is 28.9 Å². The molecule has 2 aliphatic rings. The predicted octanol–water partition coefficient (Wildman–Crippen LogP) is 3.23. The molecule has 180 valence electrons. The maximum Gasteiger partial charge on any atom is 0.295 e. The number of ketones is 1. The van der Waals surface area contributed by atoms with Crippen molar-refractivity contribution in [1.82, 2.24) is 9.80 Å². The number of Topliss-reactive ketones (excluding diaryl/α,β-unsaturated/α-hetero) is 1. The van der Waals surface area contributed by atoms with E-state index < -0.39 is 17.7 Å². The normalized spacial score (nSPS) is 19.1. The highest BCUT2D eigenvalue weighted by molar-refractivity contribution is 6.46. The van der Waals surface area contributed by atoms with E-state index in [1.807, 2.05) is 12.1 Å². The second-order valence-corrected chi connectivity index (χ2v) is 8.15. The van der Waals surface area contributed by atoms with Gasteiger partial charge in [-0.15, -0.1) is 0 Å². The van der Waals surface area contributed by atoms with Gasteiger partial charge in [0.1, 0.15) is 24.7 Å². The van der Waals surface area contributed by atoms with E-state index in [0.717, 1.165) is 18.7 Å². The molecule has 1 saturated heterocycles. The van der Waals surface area contributed by atoms with E-state index in [2.05, 4.69) is 18.7 Å². The number of amides is 1. The van der Waals surface area contributed by atoms with Crippen molar-refractivity contribution >= 4 is 17.4 Å². The number of carbonyl (C=O) groups excluding carboxylic acids is 2. The van der Waals surface area contributed by atoms with Gasteiger partial charge in [-0.1, -0.05) is 26.0 Å². The highest BCUT2D eigenvalue weighted by atomic mass is 16.6. The van der Waals surface area contributed by atoms with Crippen LogP contribution < -0.4 is 14.2 Å². The molecule has 8 heteroatoms. The lowest BCUT2D eigenvalue weighted by atomic mass is 9.95. The fraction of sp³-hybridized carbons (Fsp3) is 0.385. The molecule has 1 N–H and O–H groups in total. The smallest absolute Gasteiger partial charge is 0.295 e. The first-order chi connectivity index (χ1) is 16.5. The second kappa shape index (κ2) is 10.2. The topological polar surface area (TPSA) is 88.5 Å². The summed E-state index contributed by atoms with van der Waals surface area (Å²) in [6.45, 7) is 7.63. The molecule has 0 aromatic heterocycles. The van der Waals surface area contributed by atoms with E-state index in [-0.39, 0.29) is 11.3 Å². The van der Waals surface area contributed by atoms with Crippen molar-refractivity contribution in [2.24, 2.45) is 0 Å². The van der Waals surface area contributed by atoms with Crippen LogP contribution >= 0.6 is 0 Å². The second-order valence-electron chi connectivity index (χ2n) is 8.15. The summed E-state index contributed by atoms with van der Waals surface area (Å²) < 4.78 is 16.5. The van der Waals surface area contributed by atoms with E-state index >= 15 is 0 Å². The predicted molar refractivity (Wildman–Crippen MR) is 127 cm³/mol. The largest absolute Gasteiger partial charge is 0.507 e. The first-order valence-corrected chi connectivity index (χ1v) is 11.5. The van der Waals surface area contributed by atoms with Crippen LogP contribution in [-0.4, -0.2) is 73.1 Å². The highest BCUT2D eigenvalue weighted by Crippen LogP contribution is 2.41. The Morgan fingerprint density at radius 1 is 1.06 bits per heavy atom. The minimum absolute atomic E-state index is 0.0615. The molecule has 8 nitrogen and oxygen atoms in total. The summed E-state index contributed by atoms with van der Waals surface area (Å²) in [5.74, 6) is 0.179. The molecular weight excluding hydrogens is 436 g/mol. The molecule has 2 heterocycles. The molecule has 0 radical (unpaired) electrons. The van der Waals surface area contributed by atoms with Crippen molar-refractivity contribution in [2.75, 3.05) is 46.5 Å². The first-order valence-electron chi connectivity index (χ1n) is 11.5. The van der Waals surface area contributed by atoms with Crippen LogP contribution in [0.4, 0.5) is 0 Å². The van der Waals surface area contributed by atoms with Crippen LogP contribution in [0.5, 0.6) is 17.2 Å². The number of likely N-dealkylation sites (tertiary alicyclic amines) is 1. The summed E-state index contributed by atoms with van der Waals surface area (Å²) in [7, 11) is 1.58. The van der Waals surface area contributed by atoms with Crippen LogP contribution in [0.2, 0.25) is 0 Å². The van der Waals surface area contributed by atoms with Gasteiger partial charge in [-0.2, -0.15) is 0 Å². The number of aliphatic hydroxyl groups excluding tert-OH is 1. The number of fused-ring (bicyclic) bond motifs is 1. The molecule has 2 aliphatic heterocycles. The van der Waals surface area contributed by atoms with Crippen molar-refractivity contribution in [3.05, 3.63) is 59.2 Å². The van der Waals surface area contributed by atoms with Gasteiger partial charge < -0.3 is 29.1 Å². The molecule has 34 heavy (non-hydrogen) atoms. The lowest BCUT2D eigenvalue weighted by molar-refractivity contribution is -0.140. The van der Waals surface area contributed by atoms with Crippen LogP contribution in [0, 0.1) is 0 Å². The molecule has 1 amide bonds. The number of hydrogen-bond acceptors (Lipinski definition) is 7. The third-order valence-electron chi connectivity index (χ3n) is 6.34. The molecule has 0 bridgehead atoms. The van der Waals surface area contributed by atoms with Crippen molar-refractivity contribution in [3.8, 4) is 17.2 Å². The fourth-order valence-electron chi connectivity index (χ4n) is 4.38. The Morgan fingerprint density at radius 3 is 2.38 bits per heavy atom. The number of benzene rings is 2. The van der Waals surface area contributed by atoms with Gasteiger partial charge in [0.05, 0.1) is 18.7 Å². The maximum absolute atomic E-state index is 13.2. The van der Waals surface area contributed by atoms with Gasteiger partial charge in [0.15, 0.2) is 11.5 Å². The van der Waals surface area contributed by atoms with Gasteiger partial charge in [-0.25, -0.2) is 0 Å². The molecule has 1 unspecified atom stereocenters. The molecule has 0 aliphatic carbocycles. The Kier molecular flexibility index (Phi) is 7.07. The summed E-state index contributed by atoms with van der Waals surface area (Å²) in [6.07, 6.45) is 0. The Labute approximate surface area is 199 Å². The number of rotatable bonds is 8. The van der Waals surface area contributed by atoms with Crippen molar-refractivity contribution in [1.29, 1.82) is 0 Å². The highest BCUT2D eigenvalue weighted by Gasteiger charge is 2.46. The fourth-order valence-corrected chi connectivity index (χ4v) is 4.38. The van der Waals surface area contributed by atoms with Gasteiger partial charge >= 0.3 is 0 Å². The van der Waals surface area contributed by atoms with E-state index in [0.29, 0.717) is 49.1 Å².